The molecule has 2 N–H and O–H groups in total. The molecule has 0 aliphatic heterocycles. The zero-order chi connectivity index (χ0) is 13.5. The average Bonchev–Trinajstić information content (AvgIpc) is 2.92. The molecule has 0 amide bonds. The minimum atomic E-state index is 0.656. The maximum atomic E-state index is 8.79. The molecule has 1 aromatic carbocycles. The van der Waals surface area contributed by atoms with E-state index in [1.54, 1.807) is 19.2 Å². The molecule has 19 heavy (non-hydrogen) atoms. The first-order valence-corrected chi connectivity index (χ1v) is 6.07. The van der Waals surface area contributed by atoms with Crippen molar-refractivity contribution in [1.29, 1.82) is 5.26 Å². The Morgan fingerprint density at radius 2 is 2.16 bits per heavy atom. The summed E-state index contributed by atoms with van der Waals surface area (Å²) in [6, 6.07) is 9.56. The predicted octanol–water partition coefficient (Wildman–Crippen LogP) is 1.68. The van der Waals surface area contributed by atoms with Crippen LogP contribution in [-0.4, -0.2) is 30.5 Å². The lowest BCUT2D eigenvalue weighted by Crippen LogP contribution is -2.18. The first-order valence-electron chi connectivity index (χ1n) is 6.07. The van der Waals surface area contributed by atoms with Crippen LogP contribution >= 0.6 is 0 Å². The van der Waals surface area contributed by atoms with Crippen LogP contribution < -0.4 is 5.32 Å². The fourth-order valence-corrected chi connectivity index (χ4v) is 1.80. The van der Waals surface area contributed by atoms with E-state index in [0.29, 0.717) is 12.2 Å². The molecule has 1 heterocycles. The lowest BCUT2D eigenvalue weighted by molar-refractivity contribution is 0.199. The Labute approximate surface area is 112 Å². The molecule has 0 aliphatic carbocycles. The number of nitriles is 1. The van der Waals surface area contributed by atoms with Crippen LogP contribution in [0.5, 0.6) is 0 Å². The Bertz CT molecular complexity index is 554. The van der Waals surface area contributed by atoms with Crippen molar-refractivity contribution in [1.82, 2.24) is 15.5 Å². The third-order valence-electron chi connectivity index (χ3n) is 2.82. The molecule has 0 bridgehead atoms. The summed E-state index contributed by atoms with van der Waals surface area (Å²) in [6.07, 6.45) is 1.81. The fourth-order valence-electron chi connectivity index (χ4n) is 1.80. The van der Waals surface area contributed by atoms with E-state index in [0.717, 1.165) is 29.9 Å². The molecule has 0 fully saturated rings. The number of aromatic nitrogens is 2. The average molecular weight is 256 g/mol. The van der Waals surface area contributed by atoms with Gasteiger partial charge in [-0.1, -0.05) is 12.1 Å². The third-order valence-corrected chi connectivity index (χ3v) is 2.82. The zero-order valence-corrected chi connectivity index (χ0v) is 10.8. The maximum Gasteiger partial charge on any atom is 0.0991 e. The van der Waals surface area contributed by atoms with Crippen molar-refractivity contribution in [3.05, 3.63) is 41.6 Å². The van der Waals surface area contributed by atoms with Gasteiger partial charge in [-0.2, -0.15) is 10.4 Å². The van der Waals surface area contributed by atoms with E-state index in [1.165, 1.54) is 0 Å². The molecule has 2 aromatic rings. The smallest absolute Gasteiger partial charge is 0.0991 e. The normalized spacial score (nSPS) is 10.3. The Morgan fingerprint density at radius 3 is 2.84 bits per heavy atom. The Kier molecular flexibility index (Phi) is 4.67. The molecule has 0 unspecified atom stereocenters. The van der Waals surface area contributed by atoms with Gasteiger partial charge in [0.25, 0.3) is 0 Å². The number of H-pyrrole nitrogens is 1. The highest BCUT2D eigenvalue weighted by Gasteiger charge is 2.07. The number of ether oxygens (including phenoxy) is 1. The minimum absolute atomic E-state index is 0.656. The highest BCUT2D eigenvalue weighted by atomic mass is 16.5. The summed E-state index contributed by atoms with van der Waals surface area (Å²) in [5, 5.41) is 19.1. The second-order valence-electron chi connectivity index (χ2n) is 4.13. The van der Waals surface area contributed by atoms with E-state index in [4.69, 9.17) is 10.00 Å². The second-order valence-corrected chi connectivity index (χ2v) is 4.13. The molecule has 1 aromatic heterocycles. The summed E-state index contributed by atoms with van der Waals surface area (Å²) < 4.78 is 4.99. The van der Waals surface area contributed by atoms with E-state index >= 15 is 0 Å². The molecule has 5 heteroatoms. The van der Waals surface area contributed by atoms with Crippen molar-refractivity contribution in [2.75, 3.05) is 20.3 Å². The highest BCUT2D eigenvalue weighted by Crippen LogP contribution is 2.21. The predicted molar refractivity (Wildman–Crippen MR) is 72.3 cm³/mol. The van der Waals surface area contributed by atoms with Crippen LogP contribution in [0.15, 0.2) is 30.5 Å². The summed E-state index contributed by atoms with van der Waals surface area (Å²) in [4.78, 5) is 0. The number of rotatable bonds is 6. The van der Waals surface area contributed by atoms with Crippen molar-refractivity contribution < 1.29 is 4.74 Å². The van der Waals surface area contributed by atoms with E-state index in [-0.39, 0.29) is 0 Å². The lowest BCUT2D eigenvalue weighted by Gasteiger charge is -2.05. The largest absolute Gasteiger partial charge is 0.383 e. The molecule has 0 radical (unpaired) electrons. The quantitative estimate of drug-likeness (QED) is 0.771. The summed E-state index contributed by atoms with van der Waals surface area (Å²) in [5.41, 5.74) is 3.76. The molecule has 98 valence electrons. The molecule has 0 saturated heterocycles. The number of nitrogens with one attached hydrogen (secondary N) is 2. The van der Waals surface area contributed by atoms with Gasteiger partial charge in [0.15, 0.2) is 0 Å². The minimum Gasteiger partial charge on any atom is -0.383 e. The Morgan fingerprint density at radius 1 is 1.37 bits per heavy atom. The number of methoxy groups -OCH3 is 1. The van der Waals surface area contributed by atoms with Crippen LogP contribution in [0.4, 0.5) is 0 Å². The van der Waals surface area contributed by atoms with Gasteiger partial charge in [-0.25, -0.2) is 0 Å². The fraction of sp³-hybridized carbons (Fsp3) is 0.286. The standard InChI is InChI=1S/C14H16N4O/c1-19-7-6-16-9-13-10-17-18-14(13)12-4-2-11(8-15)3-5-12/h2-5,10,16H,6-7,9H2,1H3,(H,17,18). The third kappa shape index (κ3) is 3.41. The summed E-state index contributed by atoms with van der Waals surface area (Å²) >= 11 is 0. The second kappa shape index (κ2) is 6.69. The van der Waals surface area contributed by atoms with Crippen molar-refractivity contribution in [2.24, 2.45) is 0 Å². The van der Waals surface area contributed by atoms with Gasteiger partial charge < -0.3 is 10.1 Å². The van der Waals surface area contributed by atoms with Crippen LogP contribution in [0.25, 0.3) is 11.3 Å². The molecule has 0 atom stereocenters. The number of benzene rings is 1. The molecule has 0 spiro atoms. The molecule has 2 rings (SSSR count). The van der Waals surface area contributed by atoms with Gasteiger partial charge in [0.1, 0.15) is 0 Å². The number of aromatic amines is 1. The maximum absolute atomic E-state index is 8.79. The zero-order valence-electron chi connectivity index (χ0n) is 10.8. The van der Waals surface area contributed by atoms with Crippen LogP contribution in [0.2, 0.25) is 0 Å². The molecule has 0 aliphatic rings. The van der Waals surface area contributed by atoms with Gasteiger partial charge >= 0.3 is 0 Å². The molecular formula is C14H16N4O. The number of hydrogen-bond donors (Lipinski definition) is 2. The van der Waals surface area contributed by atoms with Gasteiger partial charge in [0.2, 0.25) is 0 Å². The topological polar surface area (TPSA) is 73.7 Å². The molecular weight excluding hydrogens is 240 g/mol. The molecule has 5 nitrogen and oxygen atoms in total. The SMILES string of the molecule is COCCNCc1cn[nH]c1-c1ccc(C#N)cc1. The van der Waals surface area contributed by atoms with Crippen LogP contribution in [0.3, 0.4) is 0 Å². The van der Waals surface area contributed by atoms with Crippen molar-refractivity contribution >= 4 is 0 Å². The molecule has 0 saturated carbocycles. The van der Waals surface area contributed by atoms with Gasteiger partial charge in [-0.15, -0.1) is 0 Å². The van der Waals surface area contributed by atoms with Crippen LogP contribution in [0, 0.1) is 11.3 Å². The lowest BCUT2D eigenvalue weighted by atomic mass is 10.1. The van der Waals surface area contributed by atoms with E-state index in [9.17, 15) is 0 Å². The summed E-state index contributed by atoms with van der Waals surface area (Å²) in [5.74, 6) is 0. The number of nitrogens with zero attached hydrogens (tertiary/aromatic N) is 2. The van der Waals surface area contributed by atoms with E-state index < -0.39 is 0 Å². The first-order chi connectivity index (χ1) is 9.35. The van der Waals surface area contributed by atoms with E-state index in [2.05, 4.69) is 21.6 Å². The van der Waals surface area contributed by atoms with Gasteiger partial charge in [0, 0.05) is 25.8 Å². The van der Waals surface area contributed by atoms with Gasteiger partial charge in [0.05, 0.1) is 30.1 Å². The van der Waals surface area contributed by atoms with Crippen molar-refractivity contribution in [3.8, 4) is 17.3 Å². The van der Waals surface area contributed by atoms with E-state index in [1.807, 2.05) is 18.3 Å². The monoisotopic (exact) mass is 256 g/mol. The van der Waals surface area contributed by atoms with Crippen LogP contribution in [0.1, 0.15) is 11.1 Å². The summed E-state index contributed by atoms with van der Waals surface area (Å²) in [7, 11) is 1.68. The van der Waals surface area contributed by atoms with Crippen molar-refractivity contribution in [3.63, 3.8) is 0 Å². The Hall–Kier alpha value is -2.16. The number of hydrogen-bond acceptors (Lipinski definition) is 4. The highest BCUT2D eigenvalue weighted by molar-refractivity contribution is 5.63. The van der Waals surface area contributed by atoms with Gasteiger partial charge in [-0.3, -0.25) is 5.10 Å². The van der Waals surface area contributed by atoms with Gasteiger partial charge in [-0.05, 0) is 17.7 Å². The van der Waals surface area contributed by atoms with Crippen molar-refractivity contribution in [2.45, 2.75) is 6.54 Å². The Balaban J connectivity index is 2.07. The summed E-state index contributed by atoms with van der Waals surface area (Å²) in [6.45, 7) is 2.22. The first kappa shape index (κ1) is 13.3. The van der Waals surface area contributed by atoms with Crippen LogP contribution in [-0.2, 0) is 11.3 Å².